The Kier molecular flexibility index (Phi) is 4.75. The topological polar surface area (TPSA) is 43.3 Å². The number of nitrogens with zero attached hydrogens (tertiary/aromatic N) is 2. The van der Waals surface area contributed by atoms with Crippen molar-refractivity contribution in [3.8, 4) is 17.2 Å². The molecule has 0 bridgehead atoms. The van der Waals surface area contributed by atoms with Gasteiger partial charge in [0.05, 0.1) is 26.0 Å². The molecular formula is C24H21ClN2O3. The molecule has 0 aromatic heterocycles. The fourth-order valence-electron chi connectivity index (χ4n) is 4.09. The predicted molar refractivity (Wildman–Crippen MR) is 117 cm³/mol. The zero-order valence-electron chi connectivity index (χ0n) is 16.7. The van der Waals surface area contributed by atoms with Crippen molar-refractivity contribution in [3.63, 3.8) is 0 Å². The lowest BCUT2D eigenvalue weighted by Gasteiger charge is -2.38. The van der Waals surface area contributed by atoms with Gasteiger partial charge in [0.25, 0.3) is 0 Å². The minimum Gasteiger partial charge on any atom is -0.493 e. The molecule has 152 valence electrons. The summed E-state index contributed by atoms with van der Waals surface area (Å²) in [5.74, 6) is 2.16. The Morgan fingerprint density at radius 2 is 1.77 bits per heavy atom. The van der Waals surface area contributed by atoms with E-state index in [1.165, 1.54) is 0 Å². The maximum Gasteiger partial charge on any atom is 0.214 e. The van der Waals surface area contributed by atoms with Gasteiger partial charge in [0.1, 0.15) is 5.75 Å². The van der Waals surface area contributed by atoms with E-state index >= 15 is 0 Å². The van der Waals surface area contributed by atoms with Crippen LogP contribution < -0.4 is 14.2 Å². The highest BCUT2D eigenvalue weighted by atomic mass is 35.5. The summed E-state index contributed by atoms with van der Waals surface area (Å²) < 4.78 is 17.3. The molecule has 6 heteroatoms. The van der Waals surface area contributed by atoms with Crippen LogP contribution in [0.3, 0.4) is 0 Å². The molecule has 0 N–H and O–H groups in total. The Labute approximate surface area is 180 Å². The second-order valence-electron chi connectivity index (χ2n) is 7.28. The monoisotopic (exact) mass is 420 g/mol. The van der Waals surface area contributed by atoms with Gasteiger partial charge >= 0.3 is 0 Å². The van der Waals surface area contributed by atoms with E-state index < -0.39 is 0 Å². The van der Waals surface area contributed by atoms with Crippen molar-refractivity contribution in [2.24, 2.45) is 5.10 Å². The van der Waals surface area contributed by atoms with Crippen LogP contribution in [0.1, 0.15) is 35.4 Å². The van der Waals surface area contributed by atoms with Gasteiger partial charge in [-0.05, 0) is 42.0 Å². The lowest BCUT2D eigenvalue weighted by Crippen LogP contribution is -2.33. The number of ether oxygens (including phenoxy) is 3. The Morgan fingerprint density at radius 1 is 0.967 bits per heavy atom. The highest BCUT2D eigenvalue weighted by Crippen LogP contribution is 2.48. The summed E-state index contributed by atoms with van der Waals surface area (Å²) in [6, 6.07) is 21.9. The first-order valence-corrected chi connectivity index (χ1v) is 10.1. The van der Waals surface area contributed by atoms with Gasteiger partial charge in [-0.25, -0.2) is 5.01 Å². The number of methoxy groups -OCH3 is 2. The van der Waals surface area contributed by atoms with Gasteiger partial charge in [0.2, 0.25) is 6.23 Å². The van der Waals surface area contributed by atoms with Gasteiger partial charge in [-0.15, -0.1) is 0 Å². The van der Waals surface area contributed by atoms with E-state index in [2.05, 4.69) is 12.1 Å². The third-order valence-electron chi connectivity index (χ3n) is 5.55. The second-order valence-corrected chi connectivity index (χ2v) is 7.72. The van der Waals surface area contributed by atoms with E-state index in [9.17, 15) is 0 Å². The lowest BCUT2D eigenvalue weighted by atomic mass is 9.96. The maximum atomic E-state index is 6.41. The molecule has 0 saturated carbocycles. The van der Waals surface area contributed by atoms with E-state index in [4.69, 9.17) is 30.9 Å². The fraction of sp³-hybridized carbons (Fsp3) is 0.208. The van der Waals surface area contributed by atoms with Gasteiger partial charge in [-0.3, -0.25) is 0 Å². The summed E-state index contributed by atoms with van der Waals surface area (Å²) in [4.78, 5) is 0. The summed E-state index contributed by atoms with van der Waals surface area (Å²) >= 11 is 6.30. The van der Waals surface area contributed by atoms with E-state index in [0.29, 0.717) is 16.5 Å². The highest BCUT2D eigenvalue weighted by Gasteiger charge is 2.41. The van der Waals surface area contributed by atoms with Crippen LogP contribution in [0.2, 0.25) is 5.02 Å². The number of benzene rings is 3. The smallest absolute Gasteiger partial charge is 0.214 e. The molecule has 2 aliphatic rings. The summed E-state index contributed by atoms with van der Waals surface area (Å²) in [5.41, 5.74) is 4.13. The summed E-state index contributed by atoms with van der Waals surface area (Å²) in [7, 11) is 3.26. The fourth-order valence-corrected chi connectivity index (χ4v) is 4.27. The summed E-state index contributed by atoms with van der Waals surface area (Å²) in [6.45, 7) is 0. The van der Waals surface area contributed by atoms with Gasteiger partial charge in [0, 0.05) is 22.6 Å². The molecule has 5 rings (SSSR count). The van der Waals surface area contributed by atoms with E-state index in [1.807, 2.05) is 59.6 Å². The van der Waals surface area contributed by atoms with Crippen molar-refractivity contribution in [1.82, 2.24) is 5.01 Å². The van der Waals surface area contributed by atoms with Gasteiger partial charge < -0.3 is 14.2 Å². The number of hydrogen-bond donors (Lipinski definition) is 0. The molecule has 2 heterocycles. The molecule has 5 nitrogen and oxygen atoms in total. The zero-order chi connectivity index (χ0) is 20.7. The van der Waals surface area contributed by atoms with Gasteiger partial charge in [-0.1, -0.05) is 41.9 Å². The lowest BCUT2D eigenvalue weighted by molar-refractivity contribution is -0.0191. The minimum atomic E-state index is -0.385. The normalized spacial score (nSPS) is 19.4. The Morgan fingerprint density at radius 3 is 2.53 bits per heavy atom. The van der Waals surface area contributed by atoms with Gasteiger partial charge in [-0.2, -0.15) is 5.10 Å². The maximum absolute atomic E-state index is 6.41. The Hall–Kier alpha value is -3.18. The largest absolute Gasteiger partial charge is 0.493 e. The Balaban J connectivity index is 1.60. The molecule has 2 aliphatic heterocycles. The third kappa shape index (κ3) is 3.15. The molecule has 0 aliphatic carbocycles. The molecule has 0 unspecified atom stereocenters. The van der Waals surface area contributed by atoms with Crippen molar-refractivity contribution in [1.29, 1.82) is 0 Å². The first-order chi connectivity index (χ1) is 14.7. The van der Waals surface area contributed by atoms with Crippen LogP contribution in [0.15, 0.2) is 71.8 Å². The van der Waals surface area contributed by atoms with Crippen LogP contribution in [0.4, 0.5) is 0 Å². The molecule has 2 atom stereocenters. The van der Waals surface area contributed by atoms with Crippen molar-refractivity contribution in [3.05, 3.63) is 88.4 Å². The van der Waals surface area contributed by atoms with Crippen molar-refractivity contribution in [2.75, 3.05) is 14.2 Å². The average molecular weight is 421 g/mol. The molecule has 0 fully saturated rings. The summed E-state index contributed by atoms with van der Waals surface area (Å²) in [5, 5.41) is 7.69. The standard InChI is InChI=1S/C24H21ClN2O3/c1-28-22-10-8-16(12-23(22)29-2)24-27-20(18-13-17(25)9-11-21(18)30-24)14-19(26-27)15-6-4-3-5-7-15/h3-13,20,24H,14H2,1-2H3/t20-,24-/m1/s1. The van der Waals surface area contributed by atoms with E-state index in [-0.39, 0.29) is 12.3 Å². The van der Waals surface area contributed by atoms with Crippen molar-refractivity contribution < 1.29 is 14.2 Å². The first kappa shape index (κ1) is 18.8. The SMILES string of the molecule is COc1ccc([C@H]2Oc3ccc(Cl)cc3[C@H]3CC(c4ccccc4)=NN32)cc1OC. The molecule has 3 aromatic carbocycles. The van der Waals surface area contributed by atoms with Crippen LogP contribution in [-0.2, 0) is 0 Å². The van der Waals surface area contributed by atoms with Gasteiger partial charge in [0.15, 0.2) is 11.5 Å². The number of hydrogen-bond acceptors (Lipinski definition) is 5. The number of fused-ring (bicyclic) bond motifs is 3. The number of rotatable bonds is 4. The molecule has 0 amide bonds. The molecule has 0 radical (unpaired) electrons. The molecule has 0 spiro atoms. The van der Waals surface area contributed by atoms with Crippen LogP contribution >= 0.6 is 11.6 Å². The zero-order valence-corrected chi connectivity index (χ0v) is 17.5. The number of halogens is 1. The molecule has 30 heavy (non-hydrogen) atoms. The Bertz CT molecular complexity index is 1120. The molecule has 3 aromatic rings. The molecular weight excluding hydrogens is 400 g/mol. The van der Waals surface area contributed by atoms with Crippen LogP contribution in [0.25, 0.3) is 0 Å². The van der Waals surface area contributed by atoms with Crippen LogP contribution in [-0.4, -0.2) is 24.9 Å². The first-order valence-electron chi connectivity index (χ1n) is 9.77. The van der Waals surface area contributed by atoms with Crippen molar-refractivity contribution >= 4 is 17.3 Å². The number of hydrazone groups is 1. The average Bonchev–Trinajstić information content (AvgIpc) is 3.24. The highest BCUT2D eigenvalue weighted by molar-refractivity contribution is 6.30. The summed E-state index contributed by atoms with van der Waals surface area (Å²) in [6.07, 6.45) is 0.398. The predicted octanol–water partition coefficient (Wildman–Crippen LogP) is 5.60. The van der Waals surface area contributed by atoms with Crippen molar-refractivity contribution in [2.45, 2.75) is 18.7 Å². The minimum absolute atomic E-state index is 0.0424. The van der Waals surface area contributed by atoms with Crippen LogP contribution in [0, 0.1) is 0 Å². The van der Waals surface area contributed by atoms with Crippen LogP contribution in [0.5, 0.6) is 17.2 Å². The molecule has 0 saturated heterocycles. The third-order valence-corrected chi connectivity index (χ3v) is 5.79. The van der Waals surface area contributed by atoms with E-state index in [0.717, 1.165) is 34.6 Å². The quantitative estimate of drug-likeness (QED) is 0.551. The second kappa shape index (κ2) is 7.58. The van der Waals surface area contributed by atoms with E-state index in [1.54, 1.807) is 14.2 Å².